The number of amides is 1. The lowest BCUT2D eigenvalue weighted by Crippen LogP contribution is -3.12. The molecular formula is C21H27N2O3+. The SMILES string of the molecule is COc1cc2c(cc1OC)C[NH+](CC(=O)NCCc1ccccc1)CC2. The molecule has 2 aromatic carbocycles. The number of fused-ring (bicyclic) bond motifs is 1. The molecule has 1 atom stereocenters. The normalized spacial score (nSPS) is 15.8. The summed E-state index contributed by atoms with van der Waals surface area (Å²) in [6.45, 7) is 2.97. The van der Waals surface area contributed by atoms with E-state index in [1.165, 1.54) is 21.6 Å². The second-order valence-electron chi connectivity index (χ2n) is 6.67. The zero-order chi connectivity index (χ0) is 18.4. The minimum Gasteiger partial charge on any atom is -0.493 e. The highest BCUT2D eigenvalue weighted by Crippen LogP contribution is 2.31. The summed E-state index contributed by atoms with van der Waals surface area (Å²) in [7, 11) is 3.31. The number of nitrogens with one attached hydrogen (secondary N) is 2. The standard InChI is InChI=1S/C21H26N2O3/c1-25-19-12-17-9-11-23(14-18(17)13-20(19)26-2)15-21(24)22-10-8-16-6-4-3-5-7-16/h3-7,12-13H,8-11,14-15H2,1-2H3,(H,22,24)/p+1. The van der Waals surface area contributed by atoms with Gasteiger partial charge in [-0.05, 0) is 29.7 Å². The average molecular weight is 355 g/mol. The molecule has 1 aliphatic heterocycles. The summed E-state index contributed by atoms with van der Waals surface area (Å²) in [5.41, 5.74) is 3.77. The van der Waals surface area contributed by atoms with Crippen molar-refractivity contribution in [3.05, 3.63) is 59.2 Å². The molecule has 0 bridgehead atoms. The van der Waals surface area contributed by atoms with Crippen molar-refractivity contribution < 1.29 is 19.2 Å². The molecule has 138 valence electrons. The topological polar surface area (TPSA) is 52.0 Å². The first-order valence-electron chi connectivity index (χ1n) is 9.07. The maximum atomic E-state index is 12.3. The van der Waals surface area contributed by atoms with Gasteiger partial charge in [-0.1, -0.05) is 30.3 Å². The van der Waals surface area contributed by atoms with Crippen LogP contribution in [0.25, 0.3) is 0 Å². The Morgan fingerprint density at radius 2 is 1.77 bits per heavy atom. The van der Waals surface area contributed by atoms with Gasteiger partial charge in [0.05, 0.1) is 20.8 Å². The summed E-state index contributed by atoms with van der Waals surface area (Å²) >= 11 is 0. The fourth-order valence-electron chi connectivity index (χ4n) is 3.46. The monoisotopic (exact) mass is 355 g/mol. The van der Waals surface area contributed by atoms with E-state index < -0.39 is 0 Å². The van der Waals surface area contributed by atoms with Crippen LogP contribution in [-0.2, 0) is 24.2 Å². The highest BCUT2D eigenvalue weighted by molar-refractivity contribution is 5.76. The molecule has 2 aromatic rings. The minimum atomic E-state index is 0.111. The van der Waals surface area contributed by atoms with Crippen molar-refractivity contribution in [2.75, 3.05) is 33.9 Å². The van der Waals surface area contributed by atoms with Crippen LogP contribution in [-0.4, -0.2) is 39.8 Å². The summed E-state index contributed by atoms with van der Waals surface area (Å²) in [4.78, 5) is 13.5. The van der Waals surface area contributed by atoms with E-state index in [1.54, 1.807) is 14.2 Å². The second kappa shape index (κ2) is 8.72. The van der Waals surface area contributed by atoms with Gasteiger partial charge in [0.25, 0.3) is 5.91 Å². The van der Waals surface area contributed by atoms with Crippen LogP contribution in [0.5, 0.6) is 11.5 Å². The van der Waals surface area contributed by atoms with Crippen LogP contribution in [0.2, 0.25) is 0 Å². The molecule has 0 radical (unpaired) electrons. The Hall–Kier alpha value is -2.53. The van der Waals surface area contributed by atoms with E-state index in [0.29, 0.717) is 13.1 Å². The number of quaternary nitrogens is 1. The van der Waals surface area contributed by atoms with E-state index in [4.69, 9.17) is 9.47 Å². The first kappa shape index (κ1) is 18.3. The van der Waals surface area contributed by atoms with Crippen LogP contribution >= 0.6 is 0 Å². The third kappa shape index (κ3) is 4.55. The van der Waals surface area contributed by atoms with Crippen molar-refractivity contribution >= 4 is 5.91 Å². The van der Waals surface area contributed by atoms with Crippen LogP contribution in [0.15, 0.2) is 42.5 Å². The number of methoxy groups -OCH3 is 2. The molecule has 1 unspecified atom stereocenters. The second-order valence-corrected chi connectivity index (χ2v) is 6.67. The molecule has 0 spiro atoms. The molecule has 0 saturated carbocycles. The molecule has 26 heavy (non-hydrogen) atoms. The number of carbonyl (C=O) groups is 1. The van der Waals surface area contributed by atoms with Gasteiger partial charge in [0.15, 0.2) is 18.0 Å². The van der Waals surface area contributed by atoms with Crippen molar-refractivity contribution in [3.63, 3.8) is 0 Å². The quantitative estimate of drug-likeness (QED) is 0.779. The lowest BCUT2D eigenvalue weighted by molar-refractivity contribution is -0.908. The summed E-state index contributed by atoms with van der Waals surface area (Å²) in [5, 5.41) is 3.04. The first-order chi connectivity index (χ1) is 12.7. The maximum absolute atomic E-state index is 12.3. The zero-order valence-corrected chi connectivity index (χ0v) is 15.5. The first-order valence-corrected chi connectivity index (χ1v) is 9.07. The van der Waals surface area contributed by atoms with Crippen molar-refractivity contribution in [1.29, 1.82) is 0 Å². The molecule has 1 aliphatic rings. The van der Waals surface area contributed by atoms with E-state index in [2.05, 4.69) is 23.5 Å². The minimum absolute atomic E-state index is 0.111. The summed E-state index contributed by atoms with van der Waals surface area (Å²) in [6.07, 6.45) is 1.81. The van der Waals surface area contributed by atoms with Gasteiger partial charge in [0.1, 0.15) is 6.54 Å². The fourth-order valence-corrected chi connectivity index (χ4v) is 3.46. The van der Waals surface area contributed by atoms with Gasteiger partial charge >= 0.3 is 0 Å². The Bertz CT molecular complexity index is 746. The van der Waals surface area contributed by atoms with Crippen LogP contribution in [0.1, 0.15) is 16.7 Å². The van der Waals surface area contributed by atoms with Crippen molar-refractivity contribution in [2.24, 2.45) is 0 Å². The molecule has 3 rings (SSSR count). The molecule has 5 heteroatoms. The predicted octanol–water partition coefficient (Wildman–Crippen LogP) is 1.00. The van der Waals surface area contributed by atoms with Crippen molar-refractivity contribution in [2.45, 2.75) is 19.4 Å². The van der Waals surface area contributed by atoms with Crippen LogP contribution < -0.4 is 19.7 Å². The van der Waals surface area contributed by atoms with Gasteiger partial charge in [0.2, 0.25) is 0 Å². The molecule has 0 aliphatic carbocycles. The van der Waals surface area contributed by atoms with Gasteiger partial charge in [-0.15, -0.1) is 0 Å². The summed E-state index contributed by atoms with van der Waals surface area (Å²) in [6, 6.07) is 14.3. The average Bonchev–Trinajstić information content (AvgIpc) is 2.67. The van der Waals surface area contributed by atoms with Crippen LogP contribution in [0.3, 0.4) is 0 Å². The Morgan fingerprint density at radius 1 is 1.08 bits per heavy atom. The van der Waals surface area contributed by atoms with Gasteiger partial charge in [0, 0.05) is 18.5 Å². The van der Waals surface area contributed by atoms with E-state index in [0.717, 1.165) is 37.4 Å². The number of rotatable bonds is 7. The largest absolute Gasteiger partial charge is 0.493 e. The van der Waals surface area contributed by atoms with Gasteiger partial charge < -0.3 is 19.7 Å². The van der Waals surface area contributed by atoms with E-state index in [9.17, 15) is 4.79 Å². The molecule has 2 N–H and O–H groups in total. The Balaban J connectivity index is 1.51. The molecule has 1 amide bonds. The van der Waals surface area contributed by atoms with E-state index in [-0.39, 0.29) is 5.91 Å². The molecule has 0 saturated heterocycles. The number of ether oxygens (including phenoxy) is 2. The van der Waals surface area contributed by atoms with E-state index >= 15 is 0 Å². The lowest BCUT2D eigenvalue weighted by atomic mass is 9.99. The van der Waals surface area contributed by atoms with E-state index in [1.807, 2.05) is 24.3 Å². The van der Waals surface area contributed by atoms with Crippen molar-refractivity contribution in [1.82, 2.24) is 5.32 Å². The number of benzene rings is 2. The van der Waals surface area contributed by atoms with Gasteiger partial charge in [-0.2, -0.15) is 0 Å². The number of hydrogen-bond acceptors (Lipinski definition) is 3. The third-order valence-corrected chi connectivity index (χ3v) is 4.88. The summed E-state index contributed by atoms with van der Waals surface area (Å²) in [5.74, 6) is 1.63. The Labute approximate surface area is 154 Å². The maximum Gasteiger partial charge on any atom is 0.275 e. The van der Waals surface area contributed by atoms with Crippen LogP contribution in [0.4, 0.5) is 0 Å². The van der Waals surface area contributed by atoms with Gasteiger partial charge in [-0.25, -0.2) is 0 Å². The molecule has 0 aromatic heterocycles. The lowest BCUT2D eigenvalue weighted by Gasteiger charge is -2.26. The molecule has 0 fully saturated rings. The highest BCUT2D eigenvalue weighted by Gasteiger charge is 2.23. The fraction of sp³-hybridized carbons (Fsp3) is 0.381. The number of carbonyl (C=O) groups excluding carboxylic acids is 1. The zero-order valence-electron chi connectivity index (χ0n) is 15.5. The van der Waals surface area contributed by atoms with Gasteiger partial charge in [-0.3, -0.25) is 4.79 Å². The Morgan fingerprint density at radius 3 is 2.46 bits per heavy atom. The smallest absolute Gasteiger partial charge is 0.275 e. The summed E-state index contributed by atoms with van der Waals surface area (Å²) < 4.78 is 10.8. The Kier molecular flexibility index (Phi) is 6.12. The molecule has 5 nitrogen and oxygen atoms in total. The molecule has 1 heterocycles. The highest BCUT2D eigenvalue weighted by atomic mass is 16.5. The third-order valence-electron chi connectivity index (χ3n) is 4.88. The van der Waals surface area contributed by atoms with Crippen LogP contribution in [0, 0.1) is 0 Å². The van der Waals surface area contributed by atoms with Crippen molar-refractivity contribution in [3.8, 4) is 11.5 Å². The number of hydrogen-bond donors (Lipinski definition) is 2. The predicted molar refractivity (Wildman–Crippen MR) is 101 cm³/mol. The molecular weight excluding hydrogens is 328 g/mol.